The van der Waals surface area contributed by atoms with Crippen LogP contribution in [-0.4, -0.2) is 34.4 Å². The molecule has 0 aliphatic carbocycles. The van der Waals surface area contributed by atoms with Gasteiger partial charge in [-0.15, -0.1) is 0 Å². The predicted molar refractivity (Wildman–Crippen MR) is 118 cm³/mol. The maximum absolute atomic E-state index is 13.3. The van der Waals surface area contributed by atoms with E-state index in [1.165, 1.54) is 62.7 Å². The first-order chi connectivity index (χ1) is 15.2. The third-order valence-electron chi connectivity index (χ3n) is 4.45. The molecule has 0 saturated heterocycles. The third-order valence-corrected chi connectivity index (χ3v) is 5.88. The van der Waals surface area contributed by atoms with E-state index in [9.17, 15) is 22.4 Å². The summed E-state index contributed by atoms with van der Waals surface area (Å²) in [6.45, 7) is 0. The predicted octanol–water partition coefficient (Wildman–Crippen LogP) is 3.25. The summed E-state index contributed by atoms with van der Waals surface area (Å²) in [5, 5.41) is 5.20. The molecule has 3 N–H and O–H groups in total. The molecule has 0 aliphatic heterocycles. The number of hydrogen-bond acceptors (Lipinski definition) is 5. The minimum Gasteiger partial charge on any atom is -0.495 e. The van der Waals surface area contributed by atoms with Crippen molar-refractivity contribution in [3.63, 3.8) is 0 Å². The number of amides is 2. The van der Waals surface area contributed by atoms with Gasteiger partial charge in [0.2, 0.25) is 10.0 Å². The third kappa shape index (κ3) is 5.29. The first-order valence-electron chi connectivity index (χ1n) is 9.33. The van der Waals surface area contributed by atoms with Gasteiger partial charge in [-0.25, -0.2) is 17.5 Å². The molecule has 0 saturated carbocycles. The summed E-state index contributed by atoms with van der Waals surface area (Å²) in [5.74, 6) is -1.46. The molecule has 166 valence electrons. The number of rotatable bonds is 7. The van der Waals surface area contributed by atoms with Crippen LogP contribution in [0.2, 0.25) is 0 Å². The van der Waals surface area contributed by atoms with Crippen molar-refractivity contribution < 1.29 is 27.1 Å². The average Bonchev–Trinajstić information content (AvgIpc) is 2.78. The van der Waals surface area contributed by atoms with Gasteiger partial charge in [0.1, 0.15) is 16.5 Å². The standard InChI is InChI=1S/C22H20FN3O5S/c1-24-32(29,30)20-12-15(9-10-19(20)31-2)22(28)25-17-7-3-5-14(11-17)21(27)26-18-8-4-6-16(23)13-18/h3-13,24H,1-2H3,(H,25,28)(H,26,27). The van der Waals surface area contributed by atoms with Gasteiger partial charge in [0.05, 0.1) is 7.11 Å². The van der Waals surface area contributed by atoms with Crippen LogP contribution in [0.15, 0.2) is 71.6 Å². The van der Waals surface area contributed by atoms with Crippen LogP contribution in [0.25, 0.3) is 0 Å². The number of nitrogens with one attached hydrogen (secondary N) is 3. The highest BCUT2D eigenvalue weighted by Gasteiger charge is 2.20. The van der Waals surface area contributed by atoms with Gasteiger partial charge in [-0.2, -0.15) is 0 Å². The summed E-state index contributed by atoms with van der Waals surface area (Å²) in [6.07, 6.45) is 0. The Balaban J connectivity index is 1.80. The monoisotopic (exact) mass is 457 g/mol. The number of methoxy groups -OCH3 is 1. The Hall–Kier alpha value is -3.76. The van der Waals surface area contributed by atoms with Gasteiger partial charge < -0.3 is 15.4 Å². The van der Waals surface area contributed by atoms with Crippen LogP contribution in [0.4, 0.5) is 15.8 Å². The fraction of sp³-hybridized carbons (Fsp3) is 0.0909. The number of sulfonamides is 1. The molecule has 8 nitrogen and oxygen atoms in total. The van der Waals surface area contributed by atoms with Gasteiger partial charge in [0, 0.05) is 22.5 Å². The first kappa shape index (κ1) is 22.9. The van der Waals surface area contributed by atoms with Crippen molar-refractivity contribution in [2.75, 3.05) is 24.8 Å². The lowest BCUT2D eigenvalue weighted by Gasteiger charge is -2.12. The Kier molecular flexibility index (Phi) is 6.86. The molecule has 2 amide bonds. The Labute approximate surface area is 184 Å². The zero-order valence-electron chi connectivity index (χ0n) is 17.2. The minimum atomic E-state index is -3.86. The van der Waals surface area contributed by atoms with E-state index in [-0.39, 0.29) is 21.8 Å². The van der Waals surface area contributed by atoms with E-state index >= 15 is 0 Å². The molecule has 0 fully saturated rings. The molecular formula is C22H20FN3O5S. The number of halogens is 1. The van der Waals surface area contributed by atoms with Crippen molar-refractivity contribution in [2.45, 2.75) is 4.90 Å². The molecule has 0 aliphatic rings. The van der Waals surface area contributed by atoms with E-state index in [1.54, 1.807) is 18.2 Å². The maximum atomic E-state index is 13.3. The quantitative estimate of drug-likeness (QED) is 0.504. The van der Waals surface area contributed by atoms with Crippen LogP contribution in [0.5, 0.6) is 5.75 Å². The highest BCUT2D eigenvalue weighted by atomic mass is 32.2. The molecule has 0 atom stereocenters. The lowest BCUT2D eigenvalue weighted by Crippen LogP contribution is -2.20. The number of carbonyl (C=O) groups excluding carboxylic acids is 2. The molecule has 0 radical (unpaired) electrons. The summed E-state index contributed by atoms with van der Waals surface area (Å²) >= 11 is 0. The number of anilines is 2. The topological polar surface area (TPSA) is 114 Å². The molecule has 3 aromatic carbocycles. The van der Waals surface area contributed by atoms with Crippen LogP contribution in [-0.2, 0) is 10.0 Å². The lowest BCUT2D eigenvalue weighted by molar-refractivity contribution is 0.101. The normalized spacial score (nSPS) is 11.0. The second kappa shape index (κ2) is 9.58. The summed E-state index contributed by atoms with van der Waals surface area (Å²) in [4.78, 5) is 25.0. The number of carbonyl (C=O) groups is 2. The van der Waals surface area contributed by atoms with Crippen molar-refractivity contribution >= 4 is 33.2 Å². The Morgan fingerprint density at radius 2 is 1.44 bits per heavy atom. The highest BCUT2D eigenvalue weighted by molar-refractivity contribution is 7.89. The molecule has 0 aromatic heterocycles. The highest BCUT2D eigenvalue weighted by Crippen LogP contribution is 2.25. The van der Waals surface area contributed by atoms with Crippen molar-refractivity contribution in [1.29, 1.82) is 0 Å². The largest absolute Gasteiger partial charge is 0.495 e. The van der Waals surface area contributed by atoms with Crippen molar-refractivity contribution in [3.05, 3.63) is 83.7 Å². The molecule has 0 heterocycles. The second-order valence-electron chi connectivity index (χ2n) is 6.57. The summed E-state index contributed by atoms with van der Waals surface area (Å²) < 4.78 is 45.0. The summed E-state index contributed by atoms with van der Waals surface area (Å²) in [6, 6.07) is 15.6. The van der Waals surface area contributed by atoms with Crippen molar-refractivity contribution in [3.8, 4) is 5.75 Å². The number of benzene rings is 3. The zero-order valence-corrected chi connectivity index (χ0v) is 18.0. The summed E-state index contributed by atoms with van der Waals surface area (Å²) in [5.41, 5.74) is 0.922. The van der Waals surface area contributed by atoms with Crippen molar-refractivity contribution in [1.82, 2.24) is 4.72 Å². The second-order valence-corrected chi connectivity index (χ2v) is 8.43. The average molecular weight is 457 g/mol. The van der Waals surface area contributed by atoms with Gasteiger partial charge >= 0.3 is 0 Å². The van der Waals surface area contributed by atoms with E-state index in [1.807, 2.05) is 0 Å². The van der Waals surface area contributed by atoms with Gasteiger partial charge in [-0.3, -0.25) is 9.59 Å². The molecule has 0 unspecified atom stereocenters. The Morgan fingerprint density at radius 1 is 0.844 bits per heavy atom. The molecule has 0 spiro atoms. The number of hydrogen-bond donors (Lipinski definition) is 3. The van der Waals surface area contributed by atoms with Crippen LogP contribution in [0, 0.1) is 5.82 Å². The van der Waals surface area contributed by atoms with E-state index < -0.39 is 27.7 Å². The molecule has 32 heavy (non-hydrogen) atoms. The van der Waals surface area contributed by atoms with Crippen LogP contribution < -0.4 is 20.1 Å². The van der Waals surface area contributed by atoms with Crippen LogP contribution in [0.1, 0.15) is 20.7 Å². The molecule has 0 bridgehead atoms. The number of ether oxygens (including phenoxy) is 1. The molecular weight excluding hydrogens is 437 g/mol. The fourth-order valence-electron chi connectivity index (χ4n) is 2.85. The van der Waals surface area contributed by atoms with E-state index in [4.69, 9.17) is 4.74 Å². The SMILES string of the molecule is CNS(=O)(=O)c1cc(C(=O)Nc2cccc(C(=O)Nc3cccc(F)c3)c2)ccc1OC. The van der Waals surface area contributed by atoms with Gasteiger partial charge in [0.15, 0.2) is 0 Å². The smallest absolute Gasteiger partial charge is 0.255 e. The van der Waals surface area contributed by atoms with Crippen LogP contribution in [0.3, 0.4) is 0 Å². The van der Waals surface area contributed by atoms with Crippen LogP contribution >= 0.6 is 0 Å². The van der Waals surface area contributed by atoms with E-state index in [0.717, 1.165) is 0 Å². The van der Waals surface area contributed by atoms with Gasteiger partial charge in [0.25, 0.3) is 11.8 Å². The van der Waals surface area contributed by atoms with E-state index in [2.05, 4.69) is 15.4 Å². The lowest BCUT2D eigenvalue weighted by atomic mass is 10.1. The Bertz CT molecular complexity index is 1280. The Morgan fingerprint density at radius 3 is 2.03 bits per heavy atom. The minimum absolute atomic E-state index is 0.0780. The first-order valence-corrected chi connectivity index (χ1v) is 10.8. The van der Waals surface area contributed by atoms with E-state index in [0.29, 0.717) is 11.4 Å². The molecule has 10 heteroatoms. The van der Waals surface area contributed by atoms with Gasteiger partial charge in [-0.05, 0) is 61.6 Å². The molecule has 3 rings (SSSR count). The van der Waals surface area contributed by atoms with Gasteiger partial charge in [-0.1, -0.05) is 12.1 Å². The fourth-order valence-corrected chi connectivity index (χ4v) is 3.77. The van der Waals surface area contributed by atoms with Crippen molar-refractivity contribution in [2.24, 2.45) is 0 Å². The summed E-state index contributed by atoms with van der Waals surface area (Å²) in [7, 11) is -1.28. The molecule has 3 aromatic rings. The zero-order chi connectivity index (χ0) is 23.3. The maximum Gasteiger partial charge on any atom is 0.255 e.